The van der Waals surface area contributed by atoms with Gasteiger partial charge in [0.15, 0.2) is 0 Å². The van der Waals surface area contributed by atoms with E-state index in [4.69, 9.17) is 14.2 Å². The van der Waals surface area contributed by atoms with Gasteiger partial charge < -0.3 is 34.6 Å². The van der Waals surface area contributed by atoms with Crippen molar-refractivity contribution in [3.8, 4) is 0 Å². The number of hydrogen-bond donors (Lipinski definition) is 2. The molecule has 4 rings (SSSR count). The number of alkyl carbamates (subject to hydrolysis) is 1. The maximum Gasteiger partial charge on any atom is 0.410 e. The predicted octanol–water partition coefficient (Wildman–Crippen LogP) is 4.41. The minimum atomic E-state index is -0.732. The van der Waals surface area contributed by atoms with E-state index in [1.807, 2.05) is 45.0 Å². The second-order valence-corrected chi connectivity index (χ2v) is 13.0. The molecule has 0 atom stereocenters. The second kappa shape index (κ2) is 15.1. The number of carbonyl (C=O) groups excluding carboxylic acids is 4. The largest absolute Gasteiger partial charge is 0.462 e. The molecule has 2 amide bonds. The van der Waals surface area contributed by atoms with E-state index in [1.165, 1.54) is 16.9 Å². The van der Waals surface area contributed by atoms with Crippen molar-refractivity contribution in [2.24, 2.45) is 0 Å². The summed E-state index contributed by atoms with van der Waals surface area (Å²) < 4.78 is 17.3. The molecule has 0 saturated carbocycles. The van der Waals surface area contributed by atoms with Crippen LogP contribution < -0.4 is 15.5 Å². The Balaban J connectivity index is 1.42. The van der Waals surface area contributed by atoms with Crippen LogP contribution in [0.4, 0.5) is 26.9 Å². The van der Waals surface area contributed by atoms with Gasteiger partial charge in [-0.05, 0) is 78.8 Å². The van der Waals surface area contributed by atoms with Crippen LogP contribution in [0.1, 0.15) is 75.0 Å². The second-order valence-electron chi connectivity index (χ2n) is 13.0. The van der Waals surface area contributed by atoms with Gasteiger partial charge in [0.1, 0.15) is 28.2 Å². The SMILES string of the molecule is CCOC(=O)c1cnc(Nc2ccc(N3CCN(C(=O)OC(C)(C)C)CC3)cc2)nc1C(=O)c1ccn(CCNC(=O)OC(C)(C)C)n1. The van der Waals surface area contributed by atoms with E-state index < -0.39 is 29.0 Å². The number of hydrogen-bond acceptors (Lipinski definition) is 12. The highest BCUT2D eigenvalue weighted by Gasteiger charge is 2.27. The van der Waals surface area contributed by atoms with E-state index in [-0.39, 0.29) is 48.7 Å². The van der Waals surface area contributed by atoms with Crippen molar-refractivity contribution in [1.29, 1.82) is 0 Å². The molecule has 15 nitrogen and oxygen atoms in total. The summed E-state index contributed by atoms with van der Waals surface area (Å²) >= 11 is 0. The quantitative estimate of drug-likeness (QED) is 0.178. The summed E-state index contributed by atoms with van der Waals surface area (Å²) in [5.41, 5.74) is 0.282. The number of aromatic nitrogens is 4. The van der Waals surface area contributed by atoms with Gasteiger partial charge in [-0.2, -0.15) is 5.10 Å². The van der Waals surface area contributed by atoms with Gasteiger partial charge in [0.05, 0.1) is 13.2 Å². The summed E-state index contributed by atoms with van der Waals surface area (Å²) in [5.74, 6) is -1.22. The highest BCUT2D eigenvalue weighted by molar-refractivity contribution is 6.12. The monoisotopic (exact) mass is 664 g/mol. The molecule has 258 valence electrons. The van der Waals surface area contributed by atoms with Crippen LogP contribution in [0, 0.1) is 0 Å². The third kappa shape index (κ3) is 10.1. The predicted molar refractivity (Wildman–Crippen MR) is 178 cm³/mol. The van der Waals surface area contributed by atoms with Crippen molar-refractivity contribution in [1.82, 2.24) is 30.0 Å². The number of ketones is 1. The first-order chi connectivity index (χ1) is 22.6. The fourth-order valence-electron chi connectivity index (χ4n) is 4.65. The molecule has 1 aliphatic rings. The number of nitrogens with one attached hydrogen (secondary N) is 2. The first-order valence-corrected chi connectivity index (χ1v) is 15.8. The third-order valence-electron chi connectivity index (χ3n) is 6.80. The van der Waals surface area contributed by atoms with Crippen molar-refractivity contribution in [3.63, 3.8) is 0 Å². The lowest BCUT2D eigenvalue weighted by Crippen LogP contribution is -2.50. The Hall–Kier alpha value is -5.21. The average Bonchev–Trinajstić information content (AvgIpc) is 3.48. The average molecular weight is 665 g/mol. The Morgan fingerprint density at radius 3 is 2.19 bits per heavy atom. The first kappa shape index (κ1) is 35.6. The summed E-state index contributed by atoms with van der Waals surface area (Å²) in [4.78, 5) is 63.1. The molecule has 3 aromatic rings. The van der Waals surface area contributed by atoms with Crippen LogP contribution in [0.5, 0.6) is 0 Å². The van der Waals surface area contributed by atoms with Crippen LogP contribution in [0.3, 0.4) is 0 Å². The number of piperazine rings is 1. The number of anilines is 3. The van der Waals surface area contributed by atoms with Gasteiger partial charge in [0.25, 0.3) is 0 Å². The van der Waals surface area contributed by atoms with Gasteiger partial charge in [0, 0.05) is 56.5 Å². The van der Waals surface area contributed by atoms with E-state index >= 15 is 0 Å². The molecule has 1 aromatic carbocycles. The zero-order chi connectivity index (χ0) is 35.1. The van der Waals surface area contributed by atoms with E-state index in [9.17, 15) is 19.2 Å². The summed E-state index contributed by atoms with van der Waals surface area (Å²) in [6.45, 7) is 15.5. The minimum absolute atomic E-state index is 0.0542. The molecule has 0 radical (unpaired) electrons. The lowest BCUT2D eigenvalue weighted by atomic mass is 10.1. The Morgan fingerprint density at radius 1 is 0.896 bits per heavy atom. The van der Waals surface area contributed by atoms with Gasteiger partial charge >= 0.3 is 18.2 Å². The van der Waals surface area contributed by atoms with Gasteiger partial charge in [-0.15, -0.1) is 0 Å². The van der Waals surface area contributed by atoms with Gasteiger partial charge in [-0.1, -0.05) is 0 Å². The molecular weight excluding hydrogens is 620 g/mol. The lowest BCUT2D eigenvalue weighted by molar-refractivity contribution is 0.0240. The number of esters is 1. The molecule has 2 N–H and O–H groups in total. The van der Waals surface area contributed by atoms with Crippen molar-refractivity contribution < 1.29 is 33.4 Å². The minimum Gasteiger partial charge on any atom is -0.462 e. The standard InChI is InChI=1S/C33H44N8O7/c1-8-46-28(43)24-21-35-29(37-26(24)27(42)25-13-15-41(38-25)16-14-34-30(44)47-32(2,3)4)36-22-9-11-23(12-10-22)39-17-19-40(20-18-39)31(45)48-33(5,6)7/h9-13,15,21H,8,14,16-20H2,1-7H3,(H,34,44)(H,35,36,37). The molecule has 15 heteroatoms. The fraction of sp³-hybridized carbons (Fsp3) is 0.485. The number of benzene rings is 1. The molecule has 48 heavy (non-hydrogen) atoms. The van der Waals surface area contributed by atoms with Gasteiger partial charge in [-0.25, -0.2) is 24.4 Å². The first-order valence-electron chi connectivity index (χ1n) is 15.8. The van der Waals surface area contributed by atoms with Crippen LogP contribution in [0.25, 0.3) is 0 Å². The molecule has 0 spiro atoms. The van der Waals surface area contributed by atoms with Gasteiger partial charge in [-0.3, -0.25) is 9.48 Å². The Morgan fingerprint density at radius 2 is 1.56 bits per heavy atom. The smallest absolute Gasteiger partial charge is 0.410 e. The molecule has 3 heterocycles. The van der Waals surface area contributed by atoms with E-state index in [0.29, 0.717) is 31.9 Å². The van der Waals surface area contributed by atoms with Crippen molar-refractivity contribution in [2.45, 2.75) is 66.2 Å². The number of carbonyl (C=O) groups is 4. The van der Waals surface area contributed by atoms with Gasteiger partial charge in [0.2, 0.25) is 11.7 Å². The number of nitrogens with zero attached hydrogens (tertiary/aromatic N) is 6. The molecule has 1 saturated heterocycles. The zero-order valence-electron chi connectivity index (χ0n) is 28.5. The summed E-state index contributed by atoms with van der Waals surface area (Å²) in [5, 5.41) is 10.0. The highest BCUT2D eigenvalue weighted by Crippen LogP contribution is 2.23. The maximum absolute atomic E-state index is 13.6. The third-order valence-corrected chi connectivity index (χ3v) is 6.80. The Labute approximate surface area is 279 Å². The fourth-order valence-corrected chi connectivity index (χ4v) is 4.65. The summed E-state index contributed by atoms with van der Waals surface area (Å²) in [7, 11) is 0. The molecule has 0 bridgehead atoms. The zero-order valence-corrected chi connectivity index (χ0v) is 28.5. The topological polar surface area (TPSA) is 170 Å². The van der Waals surface area contributed by atoms with Crippen LogP contribution in [-0.4, -0.2) is 99.1 Å². The molecule has 0 aliphatic carbocycles. The van der Waals surface area contributed by atoms with Crippen molar-refractivity contribution in [3.05, 3.63) is 59.7 Å². The number of amides is 2. The van der Waals surface area contributed by atoms with E-state index in [0.717, 1.165) is 5.69 Å². The van der Waals surface area contributed by atoms with E-state index in [2.05, 4.69) is 30.6 Å². The molecule has 1 aliphatic heterocycles. The van der Waals surface area contributed by atoms with Crippen LogP contribution in [-0.2, 0) is 20.8 Å². The van der Waals surface area contributed by atoms with E-state index in [1.54, 1.807) is 38.8 Å². The Bertz CT molecular complexity index is 1600. The number of ether oxygens (including phenoxy) is 3. The van der Waals surface area contributed by atoms with Crippen molar-refractivity contribution >= 4 is 41.3 Å². The van der Waals surface area contributed by atoms with Crippen molar-refractivity contribution in [2.75, 3.05) is 49.5 Å². The lowest BCUT2D eigenvalue weighted by Gasteiger charge is -2.36. The Kier molecular flexibility index (Phi) is 11.2. The molecule has 2 aromatic heterocycles. The summed E-state index contributed by atoms with van der Waals surface area (Å²) in [6.07, 6.45) is 1.97. The number of rotatable bonds is 10. The molecule has 1 fully saturated rings. The van der Waals surface area contributed by atoms with Crippen LogP contribution >= 0.6 is 0 Å². The normalized spacial score (nSPS) is 13.5. The van der Waals surface area contributed by atoms with Crippen LogP contribution in [0.2, 0.25) is 0 Å². The molecule has 0 unspecified atom stereocenters. The maximum atomic E-state index is 13.6. The summed E-state index contributed by atoms with van der Waals surface area (Å²) in [6, 6.07) is 9.09. The van der Waals surface area contributed by atoms with Crippen LogP contribution in [0.15, 0.2) is 42.7 Å². The highest BCUT2D eigenvalue weighted by atomic mass is 16.6. The molecular formula is C33H44N8O7.